The lowest BCUT2D eigenvalue weighted by atomic mass is 10.0. The summed E-state index contributed by atoms with van der Waals surface area (Å²) in [6.07, 6.45) is -1.39. The first-order valence-electron chi connectivity index (χ1n) is 10.5. The summed E-state index contributed by atoms with van der Waals surface area (Å²) < 4.78 is 0. The second kappa shape index (κ2) is 13.6. The van der Waals surface area contributed by atoms with Crippen LogP contribution in [0.1, 0.15) is 53.9 Å². The minimum Gasteiger partial charge on any atom is -0.480 e. The predicted octanol–water partition coefficient (Wildman–Crippen LogP) is -1.80. The van der Waals surface area contributed by atoms with Gasteiger partial charge in [-0.05, 0) is 31.6 Å². The fraction of sp³-hybridized carbons (Fsp3) is 0.750. The quantitative estimate of drug-likeness (QED) is 0.157. The molecule has 0 aromatic carbocycles. The molecule has 0 bridgehead atoms. The molecule has 0 fully saturated rings. The van der Waals surface area contributed by atoms with Gasteiger partial charge in [0.1, 0.15) is 18.1 Å². The second-order valence-corrected chi connectivity index (χ2v) is 8.60. The SMILES string of the molecule is CC(C)CC(N)C(=O)NC(CCC(N)=O)C(=O)NC(C(=O)NC(C(=O)O)C(C)C)C(C)O. The lowest BCUT2D eigenvalue weighted by Gasteiger charge is -2.27. The molecule has 184 valence electrons. The van der Waals surface area contributed by atoms with Gasteiger partial charge in [0, 0.05) is 6.42 Å². The van der Waals surface area contributed by atoms with Crippen LogP contribution in [0.4, 0.5) is 0 Å². The molecule has 0 radical (unpaired) electrons. The molecule has 0 saturated heterocycles. The minimum absolute atomic E-state index is 0.125. The zero-order valence-electron chi connectivity index (χ0n) is 19.3. The van der Waals surface area contributed by atoms with Crippen molar-refractivity contribution in [1.29, 1.82) is 0 Å². The molecular weight excluding hydrogens is 422 g/mol. The van der Waals surface area contributed by atoms with Crippen LogP contribution in [-0.2, 0) is 24.0 Å². The monoisotopic (exact) mass is 459 g/mol. The molecule has 0 aliphatic heterocycles. The standard InChI is InChI=1S/C20H37N5O7/c1-9(2)8-12(21)17(28)23-13(6-7-14(22)27)18(29)25-16(11(5)26)19(30)24-15(10(3)4)20(31)32/h9-13,15-16,26H,6-8,21H2,1-5H3,(H2,22,27)(H,23,28)(H,24,30)(H,25,29)(H,31,32). The number of carboxylic acids is 1. The number of hydrogen-bond acceptors (Lipinski definition) is 7. The highest BCUT2D eigenvalue weighted by Crippen LogP contribution is 2.07. The summed E-state index contributed by atoms with van der Waals surface area (Å²) in [4.78, 5) is 60.2. The van der Waals surface area contributed by atoms with Crippen LogP contribution in [0.15, 0.2) is 0 Å². The summed E-state index contributed by atoms with van der Waals surface area (Å²) in [5.74, 6) is -4.68. The van der Waals surface area contributed by atoms with Gasteiger partial charge in [-0.2, -0.15) is 0 Å². The van der Waals surface area contributed by atoms with Crippen molar-refractivity contribution in [3.63, 3.8) is 0 Å². The fourth-order valence-electron chi connectivity index (χ4n) is 2.86. The number of nitrogens with two attached hydrogens (primary N) is 2. The van der Waals surface area contributed by atoms with Gasteiger partial charge in [0.15, 0.2) is 0 Å². The summed E-state index contributed by atoms with van der Waals surface area (Å²) in [5, 5.41) is 26.3. The van der Waals surface area contributed by atoms with Crippen LogP contribution < -0.4 is 27.4 Å². The molecule has 0 aliphatic carbocycles. The molecule has 9 N–H and O–H groups in total. The maximum atomic E-state index is 12.8. The number of aliphatic carboxylic acids is 1. The third-order valence-corrected chi connectivity index (χ3v) is 4.67. The predicted molar refractivity (Wildman–Crippen MR) is 116 cm³/mol. The number of nitrogens with one attached hydrogen (secondary N) is 3. The average molecular weight is 460 g/mol. The van der Waals surface area contributed by atoms with Crippen molar-refractivity contribution in [2.75, 3.05) is 0 Å². The Bertz CT molecular complexity index is 681. The maximum Gasteiger partial charge on any atom is 0.326 e. The Hall–Kier alpha value is -2.73. The molecule has 0 aromatic heterocycles. The van der Waals surface area contributed by atoms with Gasteiger partial charge < -0.3 is 37.6 Å². The molecule has 5 unspecified atom stereocenters. The molecule has 4 amide bonds. The van der Waals surface area contributed by atoms with Crippen LogP contribution in [0.25, 0.3) is 0 Å². The number of amides is 4. The van der Waals surface area contributed by atoms with Crippen molar-refractivity contribution >= 4 is 29.6 Å². The van der Waals surface area contributed by atoms with Crippen LogP contribution in [-0.4, -0.2) is 70.1 Å². The number of carbonyl (C=O) groups excluding carboxylic acids is 4. The highest BCUT2D eigenvalue weighted by Gasteiger charge is 2.33. The molecule has 12 nitrogen and oxygen atoms in total. The summed E-state index contributed by atoms with van der Waals surface area (Å²) in [7, 11) is 0. The van der Waals surface area contributed by atoms with Crippen molar-refractivity contribution in [1.82, 2.24) is 16.0 Å². The van der Waals surface area contributed by atoms with Crippen molar-refractivity contribution in [2.24, 2.45) is 23.3 Å². The Morgan fingerprint density at radius 1 is 0.844 bits per heavy atom. The molecule has 0 rings (SSSR count). The van der Waals surface area contributed by atoms with E-state index in [1.807, 2.05) is 13.8 Å². The molecule has 0 saturated carbocycles. The Balaban J connectivity index is 5.47. The average Bonchev–Trinajstić information content (AvgIpc) is 2.65. The maximum absolute atomic E-state index is 12.8. The van der Waals surface area contributed by atoms with Crippen molar-refractivity contribution in [3.05, 3.63) is 0 Å². The third-order valence-electron chi connectivity index (χ3n) is 4.67. The molecule has 0 heterocycles. The van der Waals surface area contributed by atoms with E-state index in [4.69, 9.17) is 11.5 Å². The van der Waals surface area contributed by atoms with E-state index in [9.17, 15) is 34.2 Å². The molecule has 5 atom stereocenters. The first-order chi connectivity index (χ1) is 14.7. The number of carboxylic acid groups (broad SMARTS) is 1. The summed E-state index contributed by atoms with van der Waals surface area (Å²) >= 11 is 0. The zero-order chi connectivity index (χ0) is 25.2. The second-order valence-electron chi connectivity index (χ2n) is 8.60. The lowest BCUT2D eigenvalue weighted by molar-refractivity contribution is -0.144. The zero-order valence-corrected chi connectivity index (χ0v) is 19.3. The molecular formula is C20H37N5O7. The highest BCUT2D eigenvalue weighted by molar-refractivity contribution is 5.94. The van der Waals surface area contributed by atoms with E-state index in [0.717, 1.165) is 0 Å². The van der Waals surface area contributed by atoms with Crippen LogP contribution in [0, 0.1) is 11.8 Å². The molecule has 12 heteroatoms. The van der Waals surface area contributed by atoms with Crippen LogP contribution in [0.2, 0.25) is 0 Å². The number of rotatable bonds is 14. The van der Waals surface area contributed by atoms with Gasteiger partial charge in [0.2, 0.25) is 23.6 Å². The fourth-order valence-corrected chi connectivity index (χ4v) is 2.86. The third kappa shape index (κ3) is 10.5. The first kappa shape index (κ1) is 29.3. The van der Waals surface area contributed by atoms with Gasteiger partial charge in [0.05, 0.1) is 12.1 Å². The van der Waals surface area contributed by atoms with E-state index in [-0.39, 0.29) is 18.8 Å². The number of aliphatic hydroxyl groups is 1. The summed E-state index contributed by atoms with van der Waals surface area (Å²) in [5.41, 5.74) is 11.0. The van der Waals surface area contributed by atoms with Crippen molar-refractivity contribution in [2.45, 2.75) is 84.2 Å². The molecule has 32 heavy (non-hydrogen) atoms. The van der Waals surface area contributed by atoms with Gasteiger partial charge in [-0.3, -0.25) is 19.2 Å². The van der Waals surface area contributed by atoms with E-state index in [2.05, 4.69) is 16.0 Å². The van der Waals surface area contributed by atoms with Gasteiger partial charge in [-0.15, -0.1) is 0 Å². The van der Waals surface area contributed by atoms with Gasteiger partial charge in [0.25, 0.3) is 0 Å². The number of hydrogen-bond donors (Lipinski definition) is 7. The molecule has 0 spiro atoms. The molecule has 0 aliphatic rings. The minimum atomic E-state index is -1.50. The van der Waals surface area contributed by atoms with E-state index in [1.54, 1.807) is 13.8 Å². The summed E-state index contributed by atoms with van der Waals surface area (Å²) in [6.45, 7) is 8.16. The van der Waals surface area contributed by atoms with Crippen LogP contribution >= 0.6 is 0 Å². The lowest BCUT2D eigenvalue weighted by Crippen LogP contribution is -2.60. The summed E-state index contributed by atoms with van der Waals surface area (Å²) in [6, 6.07) is -4.87. The number of aliphatic hydroxyl groups excluding tert-OH is 1. The van der Waals surface area contributed by atoms with Crippen LogP contribution in [0.3, 0.4) is 0 Å². The van der Waals surface area contributed by atoms with E-state index >= 15 is 0 Å². The Kier molecular flexibility index (Phi) is 12.5. The first-order valence-corrected chi connectivity index (χ1v) is 10.5. The van der Waals surface area contributed by atoms with E-state index in [1.165, 1.54) is 6.92 Å². The Morgan fingerprint density at radius 2 is 1.38 bits per heavy atom. The Labute approximate surface area is 187 Å². The smallest absolute Gasteiger partial charge is 0.326 e. The van der Waals surface area contributed by atoms with Gasteiger partial charge in [-0.1, -0.05) is 27.7 Å². The van der Waals surface area contributed by atoms with Gasteiger partial charge >= 0.3 is 5.97 Å². The van der Waals surface area contributed by atoms with Crippen molar-refractivity contribution in [3.8, 4) is 0 Å². The van der Waals surface area contributed by atoms with Gasteiger partial charge in [-0.25, -0.2) is 4.79 Å². The van der Waals surface area contributed by atoms with E-state index in [0.29, 0.717) is 6.42 Å². The van der Waals surface area contributed by atoms with Crippen molar-refractivity contribution < 1.29 is 34.2 Å². The highest BCUT2D eigenvalue weighted by atomic mass is 16.4. The van der Waals surface area contributed by atoms with Crippen LogP contribution in [0.5, 0.6) is 0 Å². The largest absolute Gasteiger partial charge is 0.480 e. The Morgan fingerprint density at radius 3 is 1.78 bits per heavy atom. The molecule has 0 aromatic rings. The number of primary amides is 1. The number of carbonyl (C=O) groups is 5. The normalized spacial score (nSPS) is 15.9. The van der Waals surface area contributed by atoms with E-state index < -0.39 is 65.8 Å². The topological polar surface area (TPSA) is 214 Å².